The number of carbonyl (C=O) groups excluding carboxylic acids is 2. The fraction of sp³-hybridized carbons (Fsp3) is 0.885. The average Bonchev–Trinajstić information content (AvgIpc) is 3.20. The van der Waals surface area contributed by atoms with Crippen LogP contribution in [0.15, 0.2) is 24.3 Å². The average molecular weight is 787 g/mol. The first-order valence-corrected chi connectivity index (χ1v) is 25.3. The predicted molar refractivity (Wildman–Crippen MR) is 245 cm³/mol. The molecule has 0 aromatic rings. The molecule has 1 unspecified atom stereocenters. The number of rotatable bonds is 46. The Morgan fingerprint density at radius 2 is 0.643 bits per heavy atom. The van der Waals surface area contributed by atoms with Gasteiger partial charge in [-0.2, -0.15) is 0 Å². The summed E-state index contributed by atoms with van der Waals surface area (Å²) in [5, 5.41) is 0. The van der Waals surface area contributed by atoms with E-state index in [2.05, 4.69) is 45.1 Å². The molecule has 1 atom stereocenters. The summed E-state index contributed by atoms with van der Waals surface area (Å²) in [6.07, 6.45) is 58.9. The van der Waals surface area contributed by atoms with Gasteiger partial charge in [-0.3, -0.25) is 9.59 Å². The molecule has 0 fully saturated rings. The summed E-state index contributed by atoms with van der Waals surface area (Å²) in [5.74, 6) is -0.268. The Kier molecular flexibility index (Phi) is 46.4. The van der Waals surface area contributed by atoms with Crippen LogP contribution < -0.4 is 0 Å². The standard InChI is InChI=1S/C52H98O4/c1-4-7-10-13-16-19-22-25-27-29-32-35-38-41-44-47-51(53)55-49-50(46-43-40-37-34-31-24-21-18-15-12-9-6-3)56-52(54)48-45-42-39-36-33-30-28-26-23-20-17-14-11-8-5-2/h25-28,50H,4-24,29-49H2,1-3H3/b27-25-,28-26-. The van der Waals surface area contributed by atoms with Crippen LogP contribution >= 0.6 is 0 Å². The molecule has 56 heavy (non-hydrogen) atoms. The number of hydrogen-bond acceptors (Lipinski definition) is 4. The van der Waals surface area contributed by atoms with Gasteiger partial charge in [0, 0.05) is 12.8 Å². The molecule has 0 N–H and O–H groups in total. The minimum atomic E-state index is -0.313. The fourth-order valence-electron chi connectivity index (χ4n) is 7.57. The normalized spacial score (nSPS) is 12.3. The summed E-state index contributed by atoms with van der Waals surface area (Å²) in [4.78, 5) is 25.4. The molecule has 0 aliphatic carbocycles. The smallest absolute Gasteiger partial charge is 0.306 e. The minimum absolute atomic E-state index is 0.125. The lowest BCUT2D eigenvalue weighted by molar-refractivity contribution is -0.159. The Morgan fingerprint density at radius 3 is 1.00 bits per heavy atom. The van der Waals surface area contributed by atoms with Crippen LogP contribution in [0, 0.1) is 0 Å². The second-order valence-corrected chi connectivity index (χ2v) is 17.1. The first-order valence-electron chi connectivity index (χ1n) is 25.3. The van der Waals surface area contributed by atoms with E-state index in [0.29, 0.717) is 12.8 Å². The van der Waals surface area contributed by atoms with Crippen LogP contribution in [0.1, 0.15) is 284 Å². The Labute approximate surface area is 351 Å². The van der Waals surface area contributed by atoms with E-state index in [0.717, 1.165) is 44.9 Å². The van der Waals surface area contributed by atoms with Crippen molar-refractivity contribution >= 4 is 11.9 Å². The molecule has 0 saturated heterocycles. The van der Waals surface area contributed by atoms with Gasteiger partial charge in [0.15, 0.2) is 0 Å². The van der Waals surface area contributed by atoms with Crippen LogP contribution in [-0.4, -0.2) is 24.6 Å². The molecular formula is C52H98O4. The van der Waals surface area contributed by atoms with Crippen LogP contribution in [0.5, 0.6) is 0 Å². The van der Waals surface area contributed by atoms with Gasteiger partial charge in [-0.25, -0.2) is 0 Å². The molecule has 0 heterocycles. The van der Waals surface area contributed by atoms with Crippen LogP contribution in [-0.2, 0) is 19.1 Å². The molecule has 0 aliphatic rings. The second-order valence-electron chi connectivity index (χ2n) is 17.1. The third-order valence-corrected chi connectivity index (χ3v) is 11.4. The Morgan fingerprint density at radius 1 is 0.357 bits per heavy atom. The molecule has 0 spiro atoms. The zero-order chi connectivity index (χ0) is 40.7. The summed E-state index contributed by atoms with van der Waals surface area (Å²) in [6.45, 7) is 7.03. The van der Waals surface area contributed by atoms with E-state index in [1.165, 1.54) is 205 Å². The maximum atomic E-state index is 12.8. The van der Waals surface area contributed by atoms with Gasteiger partial charge in [-0.1, -0.05) is 218 Å². The van der Waals surface area contributed by atoms with E-state index >= 15 is 0 Å². The quantitative estimate of drug-likeness (QED) is 0.0350. The van der Waals surface area contributed by atoms with Gasteiger partial charge in [0.25, 0.3) is 0 Å². The number of allylic oxidation sites excluding steroid dienone is 4. The number of unbranched alkanes of at least 4 members (excludes halogenated alkanes) is 33. The molecule has 0 bridgehead atoms. The summed E-state index contributed by atoms with van der Waals surface area (Å²) < 4.78 is 11.6. The monoisotopic (exact) mass is 787 g/mol. The van der Waals surface area contributed by atoms with E-state index in [1.54, 1.807) is 0 Å². The fourth-order valence-corrected chi connectivity index (χ4v) is 7.57. The summed E-state index contributed by atoms with van der Waals surface area (Å²) in [6, 6.07) is 0. The lowest BCUT2D eigenvalue weighted by atomic mass is 10.0. The van der Waals surface area contributed by atoms with Gasteiger partial charge in [0.05, 0.1) is 0 Å². The van der Waals surface area contributed by atoms with E-state index in [4.69, 9.17) is 9.47 Å². The molecule has 0 amide bonds. The van der Waals surface area contributed by atoms with Crippen molar-refractivity contribution in [2.24, 2.45) is 0 Å². The Bertz CT molecular complexity index is 848. The van der Waals surface area contributed by atoms with E-state index in [9.17, 15) is 9.59 Å². The highest BCUT2D eigenvalue weighted by Gasteiger charge is 2.17. The zero-order valence-corrected chi connectivity index (χ0v) is 38.2. The SMILES string of the molecule is CCCCCCCC/C=C\CCCCCCCC(=O)OCC(CCCCCCCCCCCCCC)OC(=O)CCCCCCC/C=C\CCCCCCCC. The van der Waals surface area contributed by atoms with Crippen molar-refractivity contribution in [3.8, 4) is 0 Å². The van der Waals surface area contributed by atoms with Crippen molar-refractivity contribution < 1.29 is 19.1 Å². The summed E-state index contributed by atoms with van der Waals surface area (Å²) in [7, 11) is 0. The van der Waals surface area contributed by atoms with Crippen LogP contribution in [0.3, 0.4) is 0 Å². The largest absolute Gasteiger partial charge is 0.462 e. The van der Waals surface area contributed by atoms with Gasteiger partial charge < -0.3 is 9.47 Å². The third kappa shape index (κ3) is 45.1. The van der Waals surface area contributed by atoms with Crippen molar-refractivity contribution in [3.05, 3.63) is 24.3 Å². The number of esters is 2. The maximum absolute atomic E-state index is 12.8. The number of hydrogen-bond donors (Lipinski definition) is 0. The number of carbonyl (C=O) groups is 2. The first kappa shape index (κ1) is 54.4. The molecule has 0 rings (SSSR count). The van der Waals surface area contributed by atoms with Crippen molar-refractivity contribution in [1.29, 1.82) is 0 Å². The van der Waals surface area contributed by atoms with Crippen molar-refractivity contribution in [2.75, 3.05) is 6.61 Å². The van der Waals surface area contributed by atoms with E-state index in [-0.39, 0.29) is 24.6 Å². The third-order valence-electron chi connectivity index (χ3n) is 11.4. The van der Waals surface area contributed by atoms with Gasteiger partial charge in [-0.05, 0) is 77.0 Å². The molecule has 0 aliphatic heterocycles. The molecule has 0 aromatic carbocycles. The lowest BCUT2D eigenvalue weighted by Crippen LogP contribution is -2.25. The van der Waals surface area contributed by atoms with E-state index in [1.807, 2.05) is 0 Å². The van der Waals surface area contributed by atoms with Gasteiger partial charge in [-0.15, -0.1) is 0 Å². The highest BCUT2D eigenvalue weighted by Crippen LogP contribution is 2.17. The predicted octanol–water partition coefficient (Wildman–Crippen LogP) is 17.6. The molecule has 0 saturated carbocycles. The van der Waals surface area contributed by atoms with Crippen LogP contribution in [0.25, 0.3) is 0 Å². The van der Waals surface area contributed by atoms with Gasteiger partial charge in [0.1, 0.15) is 12.7 Å². The topological polar surface area (TPSA) is 52.6 Å². The van der Waals surface area contributed by atoms with Crippen molar-refractivity contribution in [1.82, 2.24) is 0 Å². The molecule has 330 valence electrons. The zero-order valence-electron chi connectivity index (χ0n) is 38.2. The highest BCUT2D eigenvalue weighted by molar-refractivity contribution is 5.70. The Hall–Kier alpha value is -1.58. The van der Waals surface area contributed by atoms with Gasteiger partial charge >= 0.3 is 11.9 Å². The first-order chi connectivity index (χ1) is 27.6. The Balaban J connectivity index is 4.22. The lowest BCUT2D eigenvalue weighted by Gasteiger charge is -2.18. The van der Waals surface area contributed by atoms with Crippen molar-refractivity contribution in [3.63, 3.8) is 0 Å². The second kappa shape index (κ2) is 47.8. The van der Waals surface area contributed by atoms with Gasteiger partial charge in [0.2, 0.25) is 0 Å². The highest BCUT2D eigenvalue weighted by atomic mass is 16.6. The summed E-state index contributed by atoms with van der Waals surface area (Å²) >= 11 is 0. The summed E-state index contributed by atoms with van der Waals surface area (Å²) in [5.41, 5.74) is 0. The van der Waals surface area contributed by atoms with E-state index < -0.39 is 0 Å². The van der Waals surface area contributed by atoms with Crippen LogP contribution in [0.4, 0.5) is 0 Å². The molecule has 4 heteroatoms. The molecule has 0 radical (unpaired) electrons. The number of ether oxygens (including phenoxy) is 2. The van der Waals surface area contributed by atoms with Crippen molar-refractivity contribution in [2.45, 2.75) is 290 Å². The molecule has 0 aromatic heterocycles. The maximum Gasteiger partial charge on any atom is 0.306 e. The minimum Gasteiger partial charge on any atom is -0.462 e. The molecular weight excluding hydrogens is 689 g/mol. The molecule has 4 nitrogen and oxygen atoms in total. The van der Waals surface area contributed by atoms with Crippen LogP contribution in [0.2, 0.25) is 0 Å².